The number of hydrogen-bond donors (Lipinski definition) is 2. The Morgan fingerprint density at radius 3 is 2.56 bits per heavy atom. The summed E-state index contributed by atoms with van der Waals surface area (Å²) in [5, 5.41) is 3.76. The number of hydrogen-bond acceptors (Lipinski definition) is 2. The van der Waals surface area contributed by atoms with Gasteiger partial charge in [0.1, 0.15) is 5.54 Å². The third-order valence-electron chi connectivity index (χ3n) is 3.05. The van der Waals surface area contributed by atoms with Crippen LogP contribution in [-0.2, 0) is 4.79 Å². The van der Waals surface area contributed by atoms with Gasteiger partial charge in [0.2, 0.25) is 5.91 Å². The second-order valence-electron chi connectivity index (χ2n) is 5.23. The molecule has 0 heterocycles. The van der Waals surface area contributed by atoms with Crippen LogP contribution in [0.25, 0.3) is 0 Å². The average Bonchev–Trinajstić information content (AvgIpc) is 2.29. The van der Waals surface area contributed by atoms with Crippen LogP contribution in [-0.4, -0.2) is 11.4 Å². The molecule has 3 nitrogen and oxygen atoms in total. The SMILES string of the molecule is CC(C)CCC(C)(Nc1ccccc1Cl)C(N)=O. The second-order valence-corrected chi connectivity index (χ2v) is 5.64. The predicted octanol–water partition coefficient (Wildman–Crippen LogP) is 3.43. The van der Waals surface area contributed by atoms with E-state index in [9.17, 15) is 4.79 Å². The predicted molar refractivity (Wildman–Crippen MR) is 76.7 cm³/mol. The minimum atomic E-state index is -0.769. The van der Waals surface area contributed by atoms with E-state index in [-0.39, 0.29) is 5.91 Å². The van der Waals surface area contributed by atoms with Crippen LogP contribution >= 0.6 is 11.6 Å². The summed E-state index contributed by atoms with van der Waals surface area (Å²) in [7, 11) is 0. The van der Waals surface area contributed by atoms with Crippen molar-refractivity contribution in [1.82, 2.24) is 0 Å². The Kier molecular flexibility index (Phi) is 5.03. The van der Waals surface area contributed by atoms with E-state index in [4.69, 9.17) is 17.3 Å². The van der Waals surface area contributed by atoms with Crippen molar-refractivity contribution in [3.05, 3.63) is 29.3 Å². The van der Waals surface area contributed by atoms with Crippen LogP contribution in [0.1, 0.15) is 33.6 Å². The molecule has 0 radical (unpaired) electrons. The second kappa shape index (κ2) is 6.10. The number of para-hydroxylation sites is 1. The van der Waals surface area contributed by atoms with Gasteiger partial charge in [0, 0.05) is 0 Å². The number of carbonyl (C=O) groups is 1. The van der Waals surface area contributed by atoms with Crippen LogP contribution in [0.3, 0.4) is 0 Å². The van der Waals surface area contributed by atoms with Crippen LogP contribution in [0, 0.1) is 5.92 Å². The van der Waals surface area contributed by atoms with Crippen molar-refractivity contribution in [1.29, 1.82) is 0 Å². The Labute approximate surface area is 114 Å². The van der Waals surface area contributed by atoms with Gasteiger partial charge in [-0.05, 0) is 37.8 Å². The molecule has 0 aromatic heterocycles. The molecular formula is C14H21ClN2O. The van der Waals surface area contributed by atoms with Gasteiger partial charge in [-0.2, -0.15) is 0 Å². The Bertz CT molecular complexity index is 420. The molecule has 0 saturated carbocycles. The summed E-state index contributed by atoms with van der Waals surface area (Å²) < 4.78 is 0. The molecule has 1 aromatic carbocycles. The molecule has 1 aromatic rings. The van der Waals surface area contributed by atoms with Gasteiger partial charge < -0.3 is 11.1 Å². The smallest absolute Gasteiger partial charge is 0.242 e. The molecule has 3 N–H and O–H groups in total. The molecule has 1 rings (SSSR count). The molecule has 0 bridgehead atoms. The maximum atomic E-state index is 11.7. The van der Waals surface area contributed by atoms with E-state index in [0.717, 1.165) is 12.1 Å². The number of halogens is 1. The monoisotopic (exact) mass is 268 g/mol. The van der Waals surface area contributed by atoms with Gasteiger partial charge in [-0.3, -0.25) is 4.79 Å². The van der Waals surface area contributed by atoms with Crippen LogP contribution in [0.2, 0.25) is 5.02 Å². The summed E-state index contributed by atoms with van der Waals surface area (Å²) in [6, 6.07) is 7.36. The van der Waals surface area contributed by atoms with E-state index in [1.54, 1.807) is 6.07 Å². The lowest BCUT2D eigenvalue weighted by Crippen LogP contribution is -2.48. The maximum absolute atomic E-state index is 11.7. The van der Waals surface area contributed by atoms with E-state index >= 15 is 0 Å². The van der Waals surface area contributed by atoms with E-state index in [1.807, 2.05) is 25.1 Å². The van der Waals surface area contributed by atoms with Gasteiger partial charge in [0.15, 0.2) is 0 Å². The number of rotatable bonds is 6. The quantitative estimate of drug-likeness (QED) is 0.830. The number of carbonyl (C=O) groups excluding carboxylic acids is 1. The van der Waals surface area contributed by atoms with Gasteiger partial charge in [-0.15, -0.1) is 0 Å². The lowest BCUT2D eigenvalue weighted by molar-refractivity contribution is -0.122. The summed E-state index contributed by atoms with van der Waals surface area (Å²) in [6.07, 6.45) is 1.61. The molecule has 4 heteroatoms. The first-order valence-electron chi connectivity index (χ1n) is 6.18. The normalized spacial score (nSPS) is 14.3. The lowest BCUT2D eigenvalue weighted by Gasteiger charge is -2.29. The zero-order valence-corrected chi connectivity index (χ0v) is 11.9. The van der Waals surface area contributed by atoms with E-state index in [0.29, 0.717) is 17.4 Å². The molecule has 18 heavy (non-hydrogen) atoms. The Morgan fingerprint density at radius 1 is 1.44 bits per heavy atom. The van der Waals surface area contributed by atoms with Crippen molar-refractivity contribution >= 4 is 23.2 Å². The third kappa shape index (κ3) is 3.91. The Morgan fingerprint density at radius 2 is 2.06 bits per heavy atom. The third-order valence-corrected chi connectivity index (χ3v) is 3.38. The number of benzene rings is 1. The molecule has 0 fully saturated rings. The van der Waals surface area contributed by atoms with Crippen molar-refractivity contribution < 1.29 is 4.79 Å². The summed E-state index contributed by atoms with van der Waals surface area (Å²) in [6.45, 7) is 6.06. The van der Waals surface area contributed by atoms with Gasteiger partial charge in [0.05, 0.1) is 10.7 Å². The van der Waals surface area contributed by atoms with Crippen LogP contribution in [0.15, 0.2) is 24.3 Å². The summed E-state index contributed by atoms with van der Waals surface area (Å²) in [4.78, 5) is 11.7. The molecule has 1 unspecified atom stereocenters. The van der Waals surface area contributed by atoms with Gasteiger partial charge >= 0.3 is 0 Å². The van der Waals surface area contributed by atoms with Crippen LogP contribution in [0.5, 0.6) is 0 Å². The molecule has 0 aliphatic carbocycles. The lowest BCUT2D eigenvalue weighted by atomic mass is 9.91. The fourth-order valence-corrected chi connectivity index (χ4v) is 1.87. The molecule has 0 spiro atoms. The highest BCUT2D eigenvalue weighted by atomic mass is 35.5. The molecule has 0 aliphatic rings. The standard InChI is InChI=1S/C14H21ClN2O/c1-10(2)8-9-14(3,13(16)18)17-12-7-5-4-6-11(12)15/h4-7,10,17H,8-9H2,1-3H3,(H2,16,18). The van der Waals surface area contributed by atoms with Gasteiger partial charge in [-0.25, -0.2) is 0 Å². The molecule has 0 aliphatic heterocycles. The van der Waals surface area contributed by atoms with Crippen LogP contribution in [0.4, 0.5) is 5.69 Å². The summed E-state index contributed by atoms with van der Waals surface area (Å²) >= 11 is 6.08. The van der Waals surface area contributed by atoms with Crippen molar-refractivity contribution in [3.63, 3.8) is 0 Å². The molecule has 0 saturated heterocycles. The van der Waals surface area contributed by atoms with Crippen molar-refractivity contribution in [2.24, 2.45) is 11.7 Å². The molecule has 1 atom stereocenters. The minimum Gasteiger partial charge on any atom is -0.370 e. The van der Waals surface area contributed by atoms with Gasteiger partial charge in [-0.1, -0.05) is 37.6 Å². The first kappa shape index (κ1) is 14.8. The first-order valence-corrected chi connectivity index (χ1v) is 6.55. The van der Waals surface area contributed by atoms with Crippen molar-refractivity contribution in [3.8, 4) is 0 Å². The average molecular weight is 269 g/mol. The Balaban J connectivity index is 2.86. The molecular weight excluding hydrogens is 248 g/mol. The first-order chi connectivity index (χ1) is 8.35. The van der Waals surface area contributed by atoms with Gasteiger partial charge in [0.25, 0.3) is 0 Å². The number of nitrogens with two attached hydrogens (primary N) is 1. The van der Waals surface area contributed by atoms with E-state index in [1.165, 1.54) is 0 Å². The summed E-state index contributed by atoms with van der Waals surface area (Å²) in [5.41, 5.74) is 5.48. The minimum absolute atomic E-state index is 0.358. The zero-order chi connectivity index (χ0) is 13.8. The zero-order valence-electron chi connectivity index (χ0n) is 11.2. The number of primary amides is 1. The highest BCUT2D eigenvalue weighted by Gasteiger charge is 2.31. The Hall–Kier alpha value is -1.22. The van der Waals surface area contributed by atoms with Crippen molar-refractivity contribution in [2.45, 2.75) is 39.2 Å². The topological polar surface area (TPSA) is 55.1 Å². The van der Waals surface area contributed by atoms with Crippen molar-refractivity contribution in [2.75, 3.05) is 5.32 Å². The number of amides is 1. The largest absolute Gasteiger partial charge is 0.370 e. The number of nitrogens with one attached hydrogen (secondary N) is 1. The maximum Gasteiger partial charge on any atom is 0.242 e. The molecule has 100 valence electrons. The highest BCUT2D eigenvalue weighted by Crippen LogP contribution is 2.27. The van der Waals surface area contributed by atoms with Crippen LogP contribution < -0.4 is 11.1 Å². The number of anilines is 1. The van der Waals surface area contributed by atoms with E-state index < -0.39 is 5.54 Å². The summed E-state index contributed by atoms with van der Waals surface area (Å²) in [5.74, 6) is 0.166. The fraction of sp³-hybridized carbons (Fsp3) is 0.500. The van der Waals surface area contributed by atoms with E-state index in [2.05, 4.69) is 19.2 Å². The molecule has 1 amide bonds. The fourth-order valence-electron chi connectivity index (χ4n) is 1.68. The highest BCUT2D eigenvalue weighted by molar-refractivity contribution is 6.33.